The van der Waals surface area contributed by atoms with Crippen LogP contribution in [0.2, 0.25) is 0 Å². The summed E-state index contributed by atoms with van der Waals surface area (Å²) in [5, 5.41) is 0. The average molecular weight is 389 g/mol. The molecule has 0 amide bonds. The van der Waals surface area contributed by atoms with Crippen LogP contribution in [0.15, 0.2) is 0 Å². The van der Waals surface area contributed by atoms with E-state index in [1.54, 1.807) is 0 Å². The van der Waals surface area contributed by atoms with Crippen molar-refractivity contribution in [2.24, 2.45) is 0 Å². The minimum absolute atomic E-state index is 0. The second kappa shape index (κ2) is 49.7. The third-order valence-electron chi connectivity index (χ3n) is 0.223. The molecule has 0 unspecified atom stereocenters. The predicted molar refractivity (Wildman–Crippen MR) is 74.5 cm³/mol. The van der Waals surface area contributed by atoms with Crippen LogP contribution in [-0.4, -0.2) is 164 Å². The van der Waals surface area contributed by atoms with Gasteiger partial charge >= 0.3 is 126 Å². The van der Waals surface area contributed by atoms with E-state index in [0.717, 1.165) is 6.92 Å². The molecular formula is C2H20ClKNa2O12S. The molecule has 19 heavy (non-hydrogen) atoms. The quantitative estimate of drug-likeness (QED) is 0.336. The summed E-state index contributed by atoms with van der Waals surface area (Å²) in [6.07, 6.45) is 0. The van der Waals surface area contributed by atoms with E-state index in [2.05, 4.69) is 4.18 Å². The van der Waals surface area contributed by atoms with Crippen molar-refractivity contribution in [3.05, 3.63) is 0 Å². The van der Waals surface area contributed by atoms with Crippen LogP contribution in [0.5, 0.6) is 0 Å². The number of hydrogen-bond donors (Lipinski definition) is 1. The van der Waals surface area contributed by atoms with E-state index < -0.39 is 16.4 Å². The maximum absolute atomic E-state index is 9.70. The van der Waals surface area contributed by atoms with Gasteiger partial charge in [0.1, 0.15) is 0 Å². The summed E-state index contributed by atoms with van der Waals surface area (Å²) < 4.78 is 35.0. The molecule has 0 aromatic rings. The number of carbonyl (C=O) groups is 1. The molecule has 0 aromatic carbocycles. The first-order valence-electron chi connectivity index (χ1n) is 1.97. The van der Waals surface area contributed by atoms with E-state index in [-0.39, 0.29) is 97.4 Å². The topological polar surface area (TPSA) is 301 Å². The summed E-state index contributed by atoms with van der Waals surface area (Å²) in [7, 11) is -4.57. The van der Waals surface area contributed by atoms with Crippen LogP contribution >= 0.6 is 3.76 Å². The van der Waals surface area contributed by atoms with E-state index in [1.807, 2.05) is 0 Å². The van der Waals surface area contributed by atoms with Gasteiger partial charge in [0.2, 0.25) is 0 Å². The van der Waals surface area contributed by atoms with Gasteiger partial charge in [-0.25, -0.2) is 0 Å². The number of hydrogen-bond acceptors (Lipinski definition) is 4. The molecule has 116 valence electrons. The third kappa shape index (κ3) is 118. The van der Waals surface area contributed by atoms with Crippen molar-refractivity contribution in [1.82, 2.24) is 0 Å². The summed E-state index contributed by atoms with van der Waals surface area (Å²) >= 11 is 0.535. The number of halogens is 1. The molecule has 0 aromatic heterocycles. The molecule has 0 saturated heterocycles. The van der Waals surface area contributed by atoms with Crippen molar-refractivity contribution in [2.75, 3.05) is 0 Å². The zero-order valence-corrected chi connectivity index (χ0v) is 13.6. The van der Waals surface area contributed by atoms with Crippen molar-refractivity contribution < 1.29 is 60.3 Å². The van der Waals surface area contributed by atoms with E-state index >= 15 is 0 Å². The van der Waals surface area contributed by atoms with Gasteiger partial charge in [0.05, 0.1) is 0 Å². The van der Waals surface area contributed by atoms with Crippen LogP contribution in [-0.2, 0) is 19.4 Å². The maximum atomic E-state index is 9.70. The van der Waals surface area contributed by atoms with Crippen molar-refractivity contribution in [2.45, 2.75) is 6.92 Å². The van der Waals surface area contributed by atoms with Gasteiger partial charge in [-0.15, -0.1) is 0 Å². The molecule has 0 radical (unpaired) electrons. The third-order valence-corrected chi connectivity index (χ3v) is 0.668. The van der Waals surface area contributed by atoms with Gasteiger partial charge in [0.25, 0.3) is 0 Å². The van der Waals surface area contributed by atoms with E-state index in [0.29, 0.717) is 47.1 Å². The van der Waals surface area contributed by atoms with Crippen LogP contribution in [0.1, 0.15) is 6.92 Å². The van der Waals surface area contributed by atoms with Gasteiger partial charge in [-0.2, -0.15) is 8.42 Å². The molecule has 0 saturated carbocycles. The fourth-order valence-corrected chi connectivity index (χ4v) is 0.445. The van der Waals surface area contributed by atoms with Crippen LogP contribution in [0.4, 0.5) is 0 Å². The van der Waals surface area contributed by atoms with Gasteiger partial charge in [-0.05, 0) is 0 Å². The van der Waals surface area contributed by atoms with Gasteiger partial charge in [-0.1, -0.05) is 0 Å². The molecule has 0 fully saturated rings. The molecule has 0 aliphatic rings. The summed E-state index contributed by atoms with van der Waals surface area (Å²) in [6, 6.07) is 0. The molecule has 0 bridgehead atoms. The monoisotopic (exact) mass is 388 g/mol. The molecule has 0 aliphatic heterocycles. The summed E-state index contributed by atoms with van der Waals surface area (Å²) in [4.78, 5) is 9.70. The predicted octanol–water partition coefficient (Wildman–Crippen LogP) is -7.41. The standard InChI is InChI=1S/C2H4O5S.ClH.K.2Na.7H2O.2H/c1-2(3)7-8(4,5)6;;;;;;;;;;;;;/h1H3,(H,4,5,6);1H;;;;7*1H2;;/q;;+1;;;;;;;;;;;/p-1. The molecule has 0 aliphatic carbocycles. The molecule has 12 nitrogen and oxygen atoms in total. The number of carbonyl (C=O) groups excluding carboxylic acids is 1. The van der Waals surface area contributed by atoms with Crippen molar-refractivity contribution in [3.63, 3.8) is 0 Å². The van der Waals surface area contributed by atoms with Gasteiger partial charge < -0.3 is 42.5 Å². The fourth-order valence-electron chi connectivity index (χ4n) is 0.148. The summed E-state index contributed by atoms with van der Waals surface area (Å²) in [6.45, 7) is 0.869. The Kier molecular flexibility index (Phi) is 209. The zero-order valence-electron chi connectivity index (χ0n) is 8.87. The van der Waals surface area contributed by atoms with E-state index in [1.165, 1.54) is 0 Å². The first kappa shape index (κ1) is 80.1. The Bertz CT molecular complexity index is 200. The molecule has 15 N–H and O–H groups in total. The Balaban J connectivity index is -0.00000000618. The normalized spacial score (nSPS) is 4.89. The molecule has 17 heteroatoms. The minimum atomic E-state index is -4.57. The van der Waals surface area contributed by atoms with Crippen LogP contribution in [0, 0.1) is 0 Å². The second-order valence-corrected chi connectivity index (χ2v) is 2.02. The van der Waals surface area contributed by atoms with Gasteiger partial charge in [-0.3, -0.25) is 9.35 Å². The summed E-state index contributed by atoms with van der Waals surface area (Å²) in [5.74, 6) is -1.06. The first-order chi connectivity index (χ1) is 4.42. The average Bonchev–Trinajstić information content (AvgIpc) is 1.64. The van der Waals surface area contributed by atoms with Crippen LogP contribution in [0.25, 0.3) is 0 Å². The zero-order chi connectivity index (χ0) is 8.78. The Morgan fingerprint density at radius 1 is 0.947 bits per heavy atom. The molecule has 0 spiro atoms. The molecule has 0 rings (SSSR count). The summed E-state index contributed by atoms with van der Waals surface area (Å²) in [5.41, 5.74) is 0. The van der Waals surface area contributed by atoms with Crippen molar-refractivity contribution in [3.8, 4) is 0 Å². The Hall–Kier alpha value is 3.03. The Morgan fingerprint density at radius 2 is 1.11 bits per heavy atom. The second-order valence-electron chi connectivity index (χ2n) is 1.00. The van der Waals surface area contributed by atoms with E-state index in [9.17, 15) is 13.2 Å². The fraction of sp³-hybridized carbons (Fsp3) is 0.500. The van der Waals surface area contributed by atoms with E-state index in [4.69, 9.17) is 8.32 Å². The van der Waals surface area contributed by atoms with Crippen LogP contribution in [0.3, 0.4) is 0 Å². The Morgan fingerprint density at radius 3 is 1.11 bits per heavy atom. The van der Waals surface area contributed by atoms with Crippen LogP contribution < -0.4 is 0 Å². The number of rotatable bonds is 1. The van der Waals surface area contributed by atoms with Gasteiger partial charge in [0, 0.05) is 6.92 Å². The first-order valence-corrected chi connectivity index (χ1v) is 7.63. The molecular weight excluding hydrogens is 369 g/mol. The SMILES string of the molecule is CC(=O)OS(=O)(=O)O.O.O.O.O.O.O.O.[Cl][K].[NaH].[NaH]. The Labute approximate surface area is 190 Å². The van der Waals surface area contributed by atoms with Crippen molar-refractivity contribution >= 4 is 126 Å². The molecule has 0 atom stereocenters. The molecule has 0 heterocycles. The van der Waals surface area contributed by atoms with Gasteiger partial charge in [0.15, 0.2) is 0 Å². The van der Waals surface area contributed by atoms with Crippen molar-refractivity contribution in [1.29, 1.82) is 0 Å².